The number of carbonyl (C=O) groups excluding carboxylic acids is 1. The van der Waals surface area contributed by atoms with Crippen molar-refractivity contribution in [3.05, 3.63) is 101 Å². The number of benzene rings is 4. The summed E-state index contributed by atoms with van der Waals surface area (Å²) >= 11 is 3.34. The summed E-state index contributed by atoms with van der Waals surface area (Å²) in [5.41, 5.74) is 1.77. The summed E-state index contributed by atoms with van der Waals surface area (Å²) < 4.78 is 34.9. The number of aromatic hydroxyl groups is 1. The number of hydrogen-bond acceptors (Lipinski definition) is 8. The minimum absolute atomic E-state index is 0.132. The highest BCUT2D eigenvalue weighted by Crippen LogP contribution is 2.33. The Hall–Kier alpha value is -4.66. The summed E-state index contributed by atoms with van der Waals surface area (Å²) in [4.78, 5) is 11.7. The Morgan fingerprint density at radius 3 is 2.21 bits per heavy atom. The second-order valence-corrected chi connectivity index (χ2v) is 11.3. The molecule has 1 amide bonds. The van der Waals surface area contributed by atoms with E-state index in [0.29, 0.717) is 22.6 Å². The van der Waals surface area contributed by atoms with E-state index >= 15 is 0 Å². The average molecular weight is 654 g/mol. The number of azo groups is 1. The largest absolute Gasteiger partial charge is 0.507 e. The van der Waals surface area contributed by atoms with Gasteiger partial charge in [-0.3, -0.25) is 15.2 Å². The number of amides is 1. The number of fused-ring (bicyclic) bond motifs is 1. The third-order valence-electron chi connectivity index (χ3n) is 6.04. The molecule has 0 unspecified atom stereocenters. The molecule has 14 heteroatoms. The number of aromatic nitrogens is 3. The number of nitrogen functional groups attached to an aromatic ring is 1. The fourth-order valence-corrected chi connectivity index (χ4v) is 4.57. The number of anilines is 1. The number of nitrogens with zero attached hydrogens (tertiary/aromatic N) is 5. The first-order valence-corrected chi connectivity index (χ1v) is 14.6. The lowest BCUT2D eigenvalue weighted by atomic mass is 10.1. The average Bonchev–Trinajstić information content (AvgIpc) is 3.20. The molecule has 216 valence electrons. The monoisotopic (exact) mass is 652 g/mol. The van der Waals surface area contributed by atoms with Crippen LogP contribution in [0.4, 0.5) is 17.1 Å². The van der Waals surface area contributed by atoms with Crippen molar-refractivity contribution in [3.63, 3.8) is 0 Å². The Morgan fingerprint density at radius 2 is 1.62 bits per heavy atom. The molecule has 5 rings (SSSR count). The van der Waals surface area contributed by atoms with Gasteiger partial charge in [-0.2, -0.15) is 13.5 Å². The van der Waals surface area contributed by atoms with Gasteiger partial charge in [0, 0.05) is 39.9 Å². The number of aryl methyl sites for hydroxylation is 1. The molecule has 5 N–H and O–H groups in total. The molecule has 0 radical (unpaired) electrons. The summed E-state index contributed by atoms with van der Waals surface area (Å²) in [5, 5.41) is 26.4. The maximum absolute atomic E-state index is 11.9. The van der Waals surface area contributed by atoms with E-state index in [1.807, 2.05) is 49.4 Å². The van der Waals surface area contributed by atoms with Crippen LogP contribution in [0.25, 0.3) is 10.8 Å². The molecule has 0 atom stereocenters. The molecule has 1 aromatic heterocycles. The molecule has 4 aromatic carbocycles. The molecule has 1 heterocycles. The summed E-state index contributed by atoms with van der Waals surface area (Å²) in [6.45, 7) is 3.73. The quantitative estimate of drug-likeness (QED) is 0.0852. The minimum atomic E-state index is -4.22. The molecule has 0 fully saturated rings. The molecule has 42 heavy (non-hydrogen) atoms. The zero-order valence-electron chi connectivity index (χ0n) is 22.5. The van der Waals surface area contributed by atoms with Crippen LogP contribution in [0.2, 0.25) is 0 Å². The van der Waals surface area contributed by atoms with Gasteiger partial charge in [-0.25, -0.2) is 0 Å². The van der Waals surface area contributed by atoms with Crippen molar-refractivity contribution in [3.8, 4) is 5.75 Å². The van der Waals surface area contributed by atoms with Crippen molar-refractivity contribution < 1.29 is 27.5 Å². The zero-order valence-corrected chi connectivity index (χ0v) is 24.9. The maximum Gasteiger partial charge on any atom is 0.295 e. The molecule has 0 aliphatic rings. The van der Waals surface area contributed by atoms with E-state index in [2.05, 4.69) is 36.6 Å². The Bertz CT molecular complexity index is 1870. The number of halogens is 1. The van der Waals surface area contributed by atoms with Crippen LogP contribution < -0.4 is 15.8 Å². The van der Waals surface area contributed by atoms with Crippen LogP contribution in [0.3, 0.4) is 0 Å². The Balaban J connectivity index is 0.000000197. The van der Waals surface area contributed by atoms with Crippen LogP contribution in [-0.4, -0.2) is 33.8 Å². The van der Waals surface area contributed by atoms with E-state index in [4.69, 9.17) is 10.4 Å². The van der Waals surface area contributed by atoms with Gasteiger partial charge in [0.15, 0.2) is 6.54 Å². The van der Waals surface area contributed by atoms with Crippen molar-refractivity contribution in [1.29, 1.82) is 0 Å². The first-order valence-electron chi connectivity index (χ1n) is 12.4. The molecule has 0 saturated carbocycles. The maximum atomic E-state index is 11.9. The van der Waals surface area contributed by atoms with Crippen molar-refractivity contribution in [1.82, 2.24) is 9.78 Å². The Labute approximate surface area is 250 Å². The van der Waals surface area contributed by atoms with Gasteiger partial charge in [-0.15, -0.1) is 14.5 Å². The second-order valence-electron chi connectivity index (χ2n) is 9.00. The lowest BCUT2D eigenvalue weighted by molar-refractivity contribution is -0.652. The standard InChI is InChI=1S/C16H12N2O4S.C12H14BrN5O/c19-16-10-9-15(13-3-1-2-4-14(13)16)18-17-11-5-7-12(8-6-11)23(20,21)22;1-8-16-17(9(2)18(8)14)7-12(19)15-11-5-3-10(13)4-6-11/h1-10,19H,(H,20,21,22);3-6H,7,14H2,1-2H3/p+1. The minimum Gasteiger partial charge on any atom is -0.507 e. The van der Waals surface area contributed by atoms with Crippen LogP contribution in [0, 0.1) is 13.8 Å². The predicted molar refractivity (Wildman–Crippen MR) is 161 cm³/mol. The Morgan fingerprint density at radius 1 is 0.976 bits per heavy atom. The van der Waals surface area contributed by atoms with Crippen LogP contribution in [0.1, 0.15) is 11.6 Å². The fourth-order valence-electron chi connectivity index (χ4n) is 3.82. The lowest BCUT2D eigenvalue weighted by Crippen LogP contribution is -2.48. The second kappa shape index (κ2) is 12.9. The van der Waals surface area contributed by atoms with Gasteiger partial charge in [0.25, 0.3) is 27.7 Å². The normalized spacial score (nSPS) is 11.3. The van der Waals surface area contributed by atoms with Crippen LogP contribution >= 0.6 is 15.9 Å². The number of rotatable bonds is 6. The van der Waals surface area contributed by atoms with Crippen LogP contribution in [-0.2, 0) is 21.5 Å². The molecule has 0 bridgehead atoms. The number of phenolic OH excluding ortho intramolecular Hbond substituents is 1. The number of nitrogens with one attached hydrogen (secondary N) is 1. The Kier molecular flexibility index (Phi) is 9.30. The molecule has 0 saturated heterocycles. The SMILES string of the molecule is Cc1nn(CC(=O)Nc2ccc(Br)cc2)c(C)[n+]1N.O=S(=O)(O)c1ccc(N=Nc2ccc(O)c3ccccc23)cc1. The first-order chi connectivity index (χ1) is 19.9. The van der Waals surface area contributed by atoms with E-state index in [1.165, 1.54) is 35.0 Å². The molecule has 5 aromatic rings. The van der Waals surface area contributed by atoms with Gasteiger partial charge >= 0.3 is 0 Å². The highest BCUT2D eigenvalue weighted by Gasteiger charge is 2.19. The smallest absolute Gasteiger partial charge is 0.295 e. The summed E-state index contributed by atoms with van der Waals surface area (Å²) in [6, 6.07) is 23.2. The molecular formula is C28H27BrN7O5S+. The predicted octanol–water partition coefficient (Wildman–Crippen LogP) is 5.11. The van der Waals surface area contributed by atoms with E-state index in [9.17, 15) is 18.3 Å². The highest BCUT2D eigenvalue weighted by molar-refractivity contribution is 9.10. The molecule has 0 aliphatic heterocycles. The van der Waals surface area contributed by atoms with E-state index < -0.39 is 10.1 Å². The number of phenols is 1. The van der Waals surface area contributed by atoms with Gasteiger partial charge in [-0.1, -0.05) is 40.2 Å². The van der Waals surface area contributed by atoms with E-state index in [-0.39, 0.29) is 23.1 Å². The molecular weight excluding hydrogens is 626 g/mol. The molecule has 0 aliphatic carbocycles. The molecule has 0 spiro atoms. The summed E-state index contributed by atoms with van der Waals surface area (Å²) in [7, 11) is -4.22. The van der Waals surface area contributed by atoms with Gasteiger partial charge in [0.2, 0.25) is 0 Å². The van der Waals surface area contributed by atoms with Crippen LogP contribution in [0.15, 0.2) is 105 Å². The van der Waals surface area contributed by atoms with E-state index in [0.717, 1.165) is 21.4 Å². The third kappa shape index (κ3) is 7.54. The van der Waals surface area contributed by atoms with Crippen molar-refractivity contribution in [2.75, 3.05) is 11.2 Å². The van der Waals surface area contributed by atoms with Gasteiger partial charge in [0.1, 0.15) is 5.75 Å². The van der Waals surface area contributed by atoms with E-state index in [1.54, 1.807) is 23.7 Å². The van der Waals surface area contributed by atoms with Crippen molar-refractivity contribution >= 4 is 59.8 Å². The highest BCUT2D eigenvalue weighted by atomic mass is 79.9. The third-order valence-corrected chi connectivity index (χ3v) is 7.44. The number of nitrogens with two attached hydrogens (primary N) is 1. The number of hydrogen-bond donors (Lipinski definition) is 4. The summed E-state index contributed by atoms with van der Waals surface area (Å²) in [5.74, 6) is 7.15. The van der Waals surface area contributed by atoms with Crippen LogP contribution in [0.5, 0.6) is 5.75 Å². The van der Waals surface area contributed by atoms with Gasteiger partial charge < -0.3 is 10.4 Å². The zero-order chi connectivity index (χ0) is 30.4. The van der Waals surface area contributed by atoms with Gasteiger partial charge in [0.05, 0.1) is 16.3 Å². The van der Waals surface area contributed by atoms with Gasteiger partial charge in [-0.05, 0) is 60.7 Å². The summed E-state index contributed by atoms with van der Waals surface area (Å²) in [6.07, 6.45) is 0. The lowest BCUT2D eigenvalue weighted by Gasteiger charge is -2.03. The van der Waals surface area contributed by atoms with Crippen molar-refractivity contribution in [2.24, 2.45) is 10.2 Å². The van der Waals surface area contributed by atoms with Crippen molar-refractivity contribution in [2.45, 2.75) is 25.3 Å². The number of carbonyl (C=O) groups is 1. The topological polar surface area (TPSA) is 176 Å². The molecule has 12 nitrogen and oxygen atoms in total. The fraction of sp³-hybridized carbons (Fsp3) is 0.107. The first kappa shape index (κ1) is 30.3.